The zero-order chi connectivity index (χ0) is 17.6. The molecule has 0 fully saturated rings. The second kappa shape index (κ2) is 13.7. The fourth-order valence-corrected chi connectivity index (χ4v) is 0.675. The van der Waals surface area contributed by atoms with Crippen LogP contribution in [0.2, 0.25) is 0 Å². The van der Waals surface area contributed by atoms with Gasteiger partial charge in [0.25, 0.3) is 5.91 Å². The molecule has 0 aliphatic carbocycles. The van der Waals surface area contributed by atoms with Crippen LogP contribution in [0.15, 0.2) is 0 Å². The first-order valence-corrected chi connectivity index (χ1v) is 7.27. The quantitative estimate of drug-likeness (QED) is 0.813. The van der Waals surface area contributed by atoms with Crippen LogP contribution in [-0.4, -0.2) is 43.4 Å². The molecule has 21 heavy (non-hydrogen) atoms. The molecule has 0 rings (SSSR count). The monoisotopic (exact) mass is 306 g/mol. The molecule has 0 atom stereocenters. The maximum absolute atomic E-state index is 11.2. The second-order valence-corrected chi connectivity index (χ2v) is 5.66. The molecular weight excluding hydrogens is 272 g/mol. The third kappa shape index (κ3) is 24.1. The number of nitrogens with one attached hydrogen (secondary N) is 1. The number of carbonyl (C=O) groups is 2. The summed E-state index contributed by atoms with van der Waals surface area (Å²) in [6.45, 7) is 15.6. The summed E-state index contributed by atoms with van der Waals surface area (Å²) in [5.74, 6) is 0.475. The number of ether oxygens (including phenoxy) is 1. The highest BCUT2D eigenvalue weighted by Crippen LogP contribution is 2.06. The minimum absolute atomic E-state index is 0.154. The maximum Gasteiger partial charge on any atom is 0.408 e. The summed E-state index contributed by atoms with van der Waals surface area (Å²) in [4.78, 5) is 26.9. The van der Waals surface area contributed by atoms with Crippen molar-refractivity contribution in [3.8, 4) is 0 Å². The van der Waals surface area contributed by atoms with Gasteiger partial charge in [-0.2, -0.15) is 0 Å². The van der Waals surface area contributed by atoms with Crippen LogP contribution in [0.25, 0.3) is 0 Å². The minimum Gasteiger partial charge on any atom is -0.444 e. The Morgan fingerprint density at radius 1 is 1.14 bits per heavy atom. The molecule has 0 unspecified atom stereocenters. The van der Waals surface area contributed by atoms with Crippen molar-refractivity contribution >= 4 is 12.0 Å². The third-order valence-electron chi connectivity index (χ3n) is 1.41. The van der Waals surface area contributed by atoms with Gasteiger partial charge >= 0.3 is 6.09 Å². The molecule has 0 saturated heterocycles. The predicted octanol–water partition coefficient (Wildman–Crippen LogP) is 3.22. The van der Waals surface area contributed by atoms with Gasteiger partial charge in [0.05, 0.1) is 7.11 Å². The molecule has 0 aromatic rings. The highest BCUT2D eigenvalue weighted by Gasteiger charge is 2.17. The molecule has 0 heterocycles. The van der Waals surface area contributed by atoms with Crippen LogP contribution in [-0.2, 0) is 14.4 Å². The standard InChI is InChI=1S/C9H18N2O4.C4H10.C2H6/c1-9(2,3)15-8(13)10-6-7(12)11(4)14-5;1-4(2)3;1-2/h6H2,1-5H3,(H,10,13);4H,1-3H3;1-2H3. The van der Waals surface area contributed by atoms with Gasteiger partial charge in [0.1, 0.15) is 12.1 Å². The highest BCUT2D eigenvalue weighted by atomic mass is 16.7. The summed E-state index contributed by atoms with van der Waals surface area (Å²) in [5, 5.41) is 3.35. The highest BCUT2D eigenvalue weighted by molar-refractivity contribution is 5.81. The van der Waals surface area contributed by atoms with Crippen LogP contribution in [0.1, 0.15) is 55.4 Å². The van der Waals surface area contributed by atoms with Crippen molar-refractivity contribution < 1.29 is 19.2 Å². The van der Waals surface area contributed by atoms with Gasteiger partial charge in [-0.15, -0.1) is 0 Å². The SMILES string of the molecule is CC.CC(C)C.CON(C)C(=O)CNC(=O)OC(C)(C)C. The van der Waals surface area contributed by atoms with Gasteiger partial charge in [-0.3, -0.25) is 9.63 Å². The average Bonchev–Trinajstić information content (AvgIpc) is 2.34. The van der Waals surface area contributed by atoms with Crippen LogP contribution in [0, 0.1) is 5.92 Å². The molecule has 0 saturated carbocycles. The van der Waals surface area contributed by atoms with Crippen LogP contribution >= 0.6 is 0 Å². The Labute approximate surface area is 130 Å². The van der Waals surface area contributed by atoms with Gasteiger partial charge in [-0.1, -0.05) is 34.6 Å². The van der Waals surface area contributed by atoms with E-state index in [2.05, 4.69) is 30.9 Å². The Morgan fingerprint density at radius 2 is 1.52 bits per heavy atom. The molecule has 0 aliphatic rings. The number of hydrogen-bond acceptors (Lipinski definition) is 4. The van der Waals surface area contributed by atoms with Crippen molar-refractivity contribution in [1.29, 1.82) is 0 Å². The van der Waals surface area contributed by atoms with E-state index in [0.717, 1.165) is 11.0 Å². The minimum atomic E-state index is -0.625. The maximum atomic E-state index is 11.2. The number of rotatable bonds is 3. The summed E-state index contributed by atoms with van der Waals surface area (Å²) < 4.78 is 4.94. The molecule has 0 spiro atoms. The van der Waals surface area contributed by atoms with E-state index in [1.165, 1.54) is 14.2 Å². The zero-order valence-electron chi connectivity index (χ0n) is 15.4. The molecule has 0 aliphatic heterocycles. The number of carbonyl (C=O) groups excluding carboxylic acids is 2. The molecule has 128 valence electrons. The fraction of sp³-hybridized carbons (Fsp3) is 0.867. The van der Waals surface area contributed by atoms with Crippen molar-refractivity contribution in [3.05, 3.63) is 0 Å². The smallest absolute Gasteiger partial charge is 0.408 e. The molecular formula is C15H34N2O4. The molecule has 0 aromatic heterocycles. The lowest BCUT2D eigenvalue weighted by molar-refractivity contribution is -0.167. The Balaban J connectivity index is -0.000000461. The van der Waals surface area contributed by atoms with E-state index in [1.807, 2.05) is 13.8 Å². The van der Waals surface area contributed by atoms with Crippen LogP contribution in [0.3, 0.4) is 0 Å². The predicted molar refractivity (Wildman–Crippen MR) is 85.9 cm³/mol. The number of nitrogens with zero attached hydrogens (tertiary/aromatic N) is 1. The third-order valence-corrected chi connectivity index (χ3v) is 1.41. The topological polar surface area (TPSA) is 67.9 Å². The Kier molecular flexibility index (Phi) is 16.1. The summed E-state index contributed by atoms with van der Waals surface area (Å²) in [7, 11) is 2.82. The normalized spacial score (nSPS) is 9.67. The number of alkyl carbamates (subject to hydrolysis) is 1. The zero-order valence-corrected chi connectivity index (χ0v) is 15.4. The van der Waals surface area contributed by atoms with Crippen LogP contribution in [0.5, 0.6) is 0 Å². The van der Waals surface area contributed by atoms with E-state index in [0.29, 0.717) is 0 Å². The lowest BCUT2D eigenvalue weighted by Gasteiger charge is -2.20. The lowest BCUT2D eigenvalue weighted by Crippen LogP contribution is -2.40. The van der Waals surface area contributed by atoms with Crippen molar-refractivity contribution in [2.45, 2.75) is 61.0 Å². The first-order chi connectivity index (χ1) is 9.49. The van der Waals surface area contributed by atoms with Crippen molar-refractivity contribution in [1.82, 2.24) is 10.4 Å². The molecule has 0 aromatic carbocycles. The summed E-state index contributed by atoms with van der Waals surface area (Å²) in [6.07, 6.45) is -0.625. The first-order valence-electron chi connectivity index (χ1n) is 7.27. The molecule has 1 N–H and O–H groups in total. The first kappa shape index (κ1) is 24.7. The van der Waals surface area contributed by atoms with Gasteiger partial charge in [0.15, 0.2) is 0 Å². The van der Waals surface area contributed by atoms with E-state index < -0.39 is 11.7 Å². The van der Waals surface area contributed by atoms with E-state index in [4.69, 9.17) is 4.74 Å². The van der Waals surface area contributed by atoms with E-state index in [-0.39, 0.29) is 12.5 Å². The van der Waals surface area contributed by atoms with Gasteiger partial charge in [-0.05, 0) is 26.7 Å². The van der Waals surface area contributed by atoms with Gasteiger partial charge in [0, 0.05) is 7.05 Å². The molecule has 2 amide bonds. The average molecular weight is 306 g/mol. The second-order valence-electron chi connectivity index (χ2n) is 5.66. The Bertz CT molecular complexity index is 271. The van der Waals surface area contributed by atoms with Crippen LogP contribution < -0.4 is 5.32 Å². The Hall–Kier alpha value is -1.30. The van der Waals surface area contributed by atoms with Gasteiger partial charge in [0.2, 0.25) is 0 Å². The van der Waals surface area contributed by atoms with Gasteiger partial charge in [-0.25, -0.2) is 9.86 Å². The molecule has 0 radical (unpaired) electrons. The summed E-state index contributed by atoms with van der Waals surface area (Å²) in [5.41, 5.74) is -0.569. The van der Waals surface area contributed by atoms with Crippen molar-refractivity contribution in [2.75, 3.05) is 20.7 Å². The lowest BCUT2D eigenvalue weighted by atomic mass is 10.2. The number of amides is 2. The van der Waals surface area contributed by atoms with Crippen molar-refractivity contribution in [3.63, 3.8) is 0 Å². The fourth-order valence-electron chi connectivity index (χ4n) is 0.675. The number of hydroxylamine groups is 2. The molecule has 6 heteroatoms. The molecule has 6 nitrogen and oxygen atoms in total. The summed E-state index contributed by atoms with van der Waals surface area (Å²) in [6, 6.07) is 0. The van der Waals surface area contributed by atoms with E-state index in [9.17, 15) is 9.59 Å². The summed E-state index contributed by atoms with van der Waals surface area (Å²) >= 11 is 0. The largest absolute Gasteiger partial charge is 0.444 e. The van der Waals surface area contributed by atoms with E-state index >= 15 is 0 Å². The molecule has 0 bridgehead atoms. The van der Waals surface area contributed by atoms with E-state index in [1.54, 1.807) is 20.8 Å². The number of likely N-dealkylation sites (N-methyl/N-ethyl adjacent to an activating group) is 1. The van der Waals surface area contributed by atoms with Gasteiger partial charge < -0.3 is 10.1 Å². The van der Waals surface area contributed by atoms with Crippen molar-refractivity contribution in [2.24, 2.45) is 5.92 Å². The Morgan fingerprint density at radius 3 is 1.81 bits per heavy atom. The van der Waals surface area contributed by atoms with Crippen LogP contribution in [0.4, 0.5) is 4.79 Å². The number of hydrogen-bond donors (Lipinski definition) is 1.